The molecule has 0 radical (unpaired) electrons. The van der Waals surface area contributed by atoms with E-state index in [1.165, 1.54) is 12.1 Å². The molecule has 0 aliphatic rings. The van der Waals surface area contributed by atoms with Gasteiger partial charge in [-0.2, -0.15) is 0 Å². The highest BCUT2D eigenvalue weighted by Gasteiger charge is 2.07. The highest BCUT2D eigenvalue weighted by atomic mass is 35.5. The van der Waals surface area contributed by atoms with E-state index in [1.807, 2.05) is 6.92 Å². The first-order valence-corrected chi connectivity index (χ1v) is 5.84. The minimum absolute atomic E-state index is 0.0375. The molecule has 0 heterocycles. The van der Waals surface area contributed by atoms with Crippen LogP contribution >= 0.6 is 11.6 Å². The molecule has 0 aromatic heterocycles. The van der Waals surface area contributed by atoms with Crippen LogP contribution in [-0.2, 0) is 11.2 Å². The van der Waals surface area contributed by atoms with Crippen molar-refractivity contribution in [2.45, 2.75) is 25.8 Å². The summed E-state index contributed by atoms with van der Waals surface area (Å²) in [6.07, 6.45) is 0.794. The highest BCUT2D eigenvalue weighted by molar-refractivity contribution is 6.30. The molecule has 94 valence electrons. The number of carbonyl (C=O) groups is 1. The lowest BCUT2D eigenvalue weighted by Gasteiger charge is -2.11. The minimum atomic E-state index is -0.458. The van der Waals surface area contributed by atoms with Gasteiger partial charge >= 0.3 is 0 Å². The summed E-state index contributed by atoms with van der Waals surface area (Å²) >= 11 is 5.56. The number of hydrogen-bond acceptors (Lipinski definition) is 2. The summed E-state index contributed by atoms with van der Waals surface area (Å²) in [6, 6.07) is 4.52. The Morgan fingerprint density at radius 1 is 1.59 bits per heavy atom. The molecular formula is C12H16ClFN2O. The van der Waals surface area contributed by atoms with E-state index < -0.39 is 5.82 Å². The van der Waals surface area contributed by atoms with Gasteiger partial charge in [0.2, 0.25) is 5.91 Å². The van der Waals surface area contributed by atoms with Crippen LogP contribution in [0.5, 0.6) is 0 Å². The summed E-state index contributed by atoms with van der Waals surface area (Å²) in [5.41, 5.74) is 6.14. The van der Waals surface area contributed by atoms with E-state index in [2.05, 4.69) is 5.32 Å². The fraction of sp³-hybridized carbons (Fsp3) is 0.417. The Morgan fingerprint density at radius 3 is 2.88 bits per heavy atom. The predicted molar refractivity (Wildman–Crippen MR) is 66.4 cm³/mol. The van der Waals surface area contributed by atoms with Crippen molar-refractivity contribution in [3.05, 3.63) is 34.6 Å². The Morgan fingerprint density at radius 2 is 2.29 bits per heavy atom. The van der Waals surface area contributed by atoms with Crippen LogP contribution in [0, 0.1) is 5.82 Å². The first kappa shape index (κ1) is 13.9. The molecular weight excluding hydrogens is 243 g/mol. The van der Waals surface area contributed by atoms with Crippen LogP contribution in [0.25, 0.3) is 0 Å². The average molecular weight is 259 g/mol. The van der Waals surface area contributed by atoms with E-state index >= 15 is 0 Å². The summed E-state index contributed by atoms with van der Waals surface area (Å²) in [5.74, 6) is -0.543. The van der Waals surface area contributed by atoms with Crippen molar-refractivity contribution < 1.29 is 9.18 Å². The lowest BCUT2D eigenvalue weighted by molar-refractivity contribution is -0.121. The van der Waals surface area contributed by atoms with E-state index in [9.17, 15) is 9.18 Å². The Balaban J connectivity index is 2.45. The molecule has 0 bridgehead atoms. The standard InChI is InChI=1S/C12H16ClFN2O/c1-8(7-15)16-12(17)5-3-9-2-4-10(13)11(14)6-9/h2,4,6,8H,3,5,7,15H2,1H3,(H,16,17). The molecule has 1 aromatic rings. The Bertz CT molecular complexity index is 398. The third-order valence-corrected chi connectivity index (χ3v) is 2.69. The quantitative estimate of drug-likeness (QED) is 0.847. The van der Waals surface area contributed by atoms with Crippen molar-refractivity contribution in [2.75, 3.05) is 6.54 Å². The van der Waals surface area contributed by atoms with Crippen LogP contribution in [0.3, 0.4) is 0 Å². The van der Waals surface area contributed by atoms with Crippen LogP contribution in [0.4, 0.5) is 4.39 Å². The first-order chi connectivity index (χ1) is 8.02. The van der Waals surface area contributed by atoms with Gasteiger partial charge in [0, 0.05) is 19.0 Å². The molecule has 3 N–H and O–H groups in total. The summed E-state index contributed by atoms with van der Waals surface area (Å²) in [5, 5.41) is 2.83. The normalized spacial score (nSPS) is 12.2. The second-order valence-electron chi connectivity index (χ2n) is 3.95. The lowest BCUT2D eigenvalue weighted by atomic mass is 10.1. The number of rotatable bonds is 5. The SMILES string of the molecule is CC(CN)NC(=O)CCc1ccc(Cl)c(F)c1. The van der Waals surface area contributed by atoms with Gasteiger partial charge in [-0.25, -0.2) is 4.39 Å². The third-order valence-electron chi connectivity index (χ3n) is 2.39. The Labute approximate surface area is 105 Å². The summed E-state index contributed by atoms with van der Waals surface area (Å²) in [6.45, 7) is 2.24. The van der Waals surface area contributed by atoms with E-state index in [0.717, 1.165) is 5.56 Å². The molecule has 0 aliphatic heterocycles. The van der Waals surface area contributed by atoms with Gasteiger partial charge in [-0.05, 0) is 31.0 Å². The summed E-state index contributed by atoms with van der Waals surface area (Å²) < 4.78 is 13.1. The average Bonchev–Trinajstić information content (AvgIpc) is 2.30. The first-order valence-electron chi connectivity index (χ1n) is 5.46. The van der Waals surface area contributed by atoms with Gasteiger partial charge in [0.25, 0.3) is 0 Å². The highest BCUT2D eigenvalue weighted by Crippen LogP contribution is 2.16. The molecule has 3 nitrogen and oxygen atoms in total. The smallest absolute Gasteiger partial charge is 0.220 e. The molecule has 5 heteroatoms. The largest absolute Gasteiger partial charge is 0.352 e. The summed E-state index contributed by atoms with van der Waals surface area (Å²) in [4.78, 5) is 11.5. The number of benzene rings is 1. The minimum Gasteiger partial charge on any atom is -0.352 e. The second kappa shape index (κ2) is 6.57. The fourth-order valence-corrected chi connectivity index (χ4v) is 1.48. The van der Waals surface area contributed by atoms with E-state index in [0.29, 0.717) is 19.4 Å². The Hall–Kier alpha value is -1.13. The summed E-state index contributed by atoms with van der Waals surface area (Å²) in [7, 11) is 0. The second-order valence-corrected chi connectivity index (χ2v) is 4.36. The van der Waals surface area contributed by atoms with Crippen LogP contribution in [0.1, 0.15) is 18.9 Å². The molecule has 1 rings (SSSR count). The fourth-order valence-electron chi connectivity index (χ4n) is 1.36. The molecule has 17 heavy (non-hydrogen) atoms. The monoisotopic (exact) mass is 258 g/mol. The van der Waals surface area contributed by atoms with Crippen molar-refractivity contribution in [3.8, 4) is 0 Å². The van der Waals surface area contributed by atoms with Gasteiger partial charge in [-0.1, -0.05) is 17.7 Å². The number of amides is 1. The van der Waals surface area contributed by atoms with Crippen molar-refractivity contribution in [1.82, 2.24) is 5.32 Å². The van der Waals surface area contributed by atoms with Crippen LogP contribution in [-0.4, -0.2) is 18.5 Å². The van der Waals surface area contributed by atoms with Gasteiger partial charge < -0.3 is 11.1 Å². The maximum atomic E-state index is 13.1. The van der Waals surface area contributed by atoms with Crippen molar-refractivity contribution in [1.29, 1.82) is 0 Å². The number of nitrogens with two attached hydrogens (primary N) is 1. The molecule has 1 unspecified atom stereocenters. The molecule has 0 fully saturated rings. The molecule has 1 atom stereocenters. The molecule has 1 amide bonds. The van der Waals surface area contributed by atoms with Crippen molar-refractivity contribution >= 4 is 17.5 Å². The third kappa shape index (κ3) is 4.71. The van der Waals surface area contributed by atoms with Crippen LogP contribution in [0.15, 0.2) is 18.2 Å². The zero-order valence-electron chi connectivity index (χ0n) is 9.67. The van der Waals surface area contributed by atoms with Crippen molar-refractivity contribution in [2.24, 2.45) is 5.73 Å². The van der Waals surface area contributed by atoms with E-state index in [1.54, 1.807) is 6.07 Å². The maximum absolute atomic E-state index is 13.1. The van der Waals surface area contributed by atoms with Gasteiger partial charge in [0.15, 0.2) is 0 Å². The number of carbonyl (C=O) groups excluding carboxylic acids is 1. The zero-order valence-corrected chi connectivity index (χ0v) is 10.4. The molecule has 0 saturated carbocycles. The lowest BCUT2D eigenvalue weighted by Crippen LogP contribution is -2.37. The Kier molecular flexibility index (Phi) is 5.38. The van der Waals surface area contributed by atoms with Crippen molar-refractivity contribution in [3.63, 3.8) is 0 Å². The number of aryl methyl sites for hydroxylation is 1. The van der Waals surface area contributed by atoms with Gasteiger partial charge in [0.1, 0.15) is 5.82 Å². The van der Waals surface area contributed by atoms with E-state index in [4.69, 9.17) is 17.3 Å². The molecule has 0 aliphatic carbocycles. The molecule has 0 saturated heterocycles. The van der Waals surface area contributed by atoms with Crippen LogP contribution in [0.2, 0.25) is 5.02 Å². The number of hydrogen-bond donors (Lipinski definition) is 2. The topological polar surface area (TPSA) is 55.1 Å². The maximum Gasteiger partial charge on any atom is 0.220 e. The predicted octanol–water partition coefficient (Wildman–Crippen LogP) is 1.88. The number of nitrogens with one attached hydrogen (secondary N) is 1. The van der Waals surface area contributed by atoms with Crippen LogP contribution < -0.4 is 11.1 Å². The number of halogens is 2. The van der Waals surface area contributed by atoms with Gasteiger partial charge in [0.05, 0.1) is 5.02 Å². The van der Waals surface area contributed by atoms with Gasteiger partial charge in [-0.3, -0.25) is 4.79 Å². The zero-order chi connectivity index (χ0) is 12.8. The van der Waals surface area contributed by atoms with Gasteiger partial charge in [-0.15, -0.1) is 0 Å². The molecule has 0 spiro atoms. The molecule has 1 aromatic carbocycles. The van der Waals surface area contributed by atoms with E-state index in [-0.39, 0.29) is 17.0 Å².